The van der Waals surface area contributed by atoms with Crippen molar-refractivity contribution < 1.29 is 19.4 Å². The predicted molar refractivity (Wildman–Crippen MR) is 41.7 cm³/mol. The second-order valence-corrected chi connectivity index (χ2v) is 2.27. The number of carbonyl (C=O) groups excluding carboxylic acids is 1. The Morgan fingerprint density at radius 1 is 1.58 bits per heavy atom. The van der Waals surface area contributed by atoms with Gasteiger partial charge in [0.2, 0.25) is 5.91 Å². The van der Waals surface area contributed by atoms with Crippen LogP contribution >= 0.6 is 0 Å². The molecule has 0 aliphatic heterocycles. The molecule has 0 bridgehead atoms. The van der Waals surface area contributed by atoms with Crippen LogP contribution in [0.1, 0.15) is 13.3 Å². The van der Waals surface area contributed by atoms with Crippen LogP contribution in [0.25, 0.3) is 0 Å². The third-order valence-electron chi connectivity index (χ3n) is 1.32. The van der Waals surface area contributed by atoms with Crippen molar-refractivity contribution in [3.63, 3.8) is 0 Å². The lowest BCUT2D eigenvalue weighted by molar-refractivity contribution is -0.149. The Hall–Kier alpha value is -1.10. The third kappa shape index (κ3) is 4.68. The van der Waals surface area contributed by atoms with E-state index in [4.69, 9.17) is 9.84 Å². The van der Waals surface area contributed by atoms with E-state index in [0.717, 1.165) is 0 Å². The van der Waals surface area contributed by atoms with Crippen molar-refractivity contribution in [1.29, 1.82) is 0 Å². The Kier molecular flexibility index (Phi) is 5.03. The number of hydrogen-bond donors (Lipinski definition) is 2. The zero-order valence-electron chi connectivity index (χ0n) is 7.16. The van der Waals surface area contributed by atoms with Crippen LogP contribution in [0.4, 0.5) is 0 Å². The third-order valence-corrected chi connectivity index (χ3v) is 1.32. The molecule has 5 heteroatoms. The summed E-state index contributed by atoms with van der Waals surface area (Å²) in [4.78, 5) is 20.8. The molecule has 0 spiro atoms. The number of carbonyl (C=O) groups is 2. The highest BCUT2D eigenvalue weighted by molar-refractivity contribution is 5.75. The van der Waals surface area contributed by atoms with Crippen LogP contribution < -0.4 is 5.32 Å². The van der Waals surface area contributed by atoms with Gasteiger partial charge in [-0.15, -0.1) is 0 Å². The molecule has 0 aromatic rings. The van der Waals surface area contributed by atoms with Gasteiger partial charge in [0.1, 0.15) is 0 Å². The smallest absolute Gasteiger partial charge is 0.332 e. The fraction of sp³-hybridized carbons (Fsp3) is 0.714. The van der Waals surface area contributed by atoms with Crippen molar-refractivity contribution in [2.75, 3.05) is 13.7 Å². The standard InChI is InChI=1S/C7H13NO4/c1-5(7(10)11)12-4-3-6(9)8-2/h5H,3-4H2,1-2H3,(H,8,9)(H,10,11)/t5-/m1/s1. The molecule has 0 fully saturated rings. The van der Waals surface area contributed by atoms with Gasteiger partial charge in [-0.25, -0.2) is 4.79 Å². The van der Waals surface area contributed by atoms with E-state index in [0.29, 0.717) is 0 Å². The van der Waals surface area contributed by atoms with Gasteiger partial charge in [0.05, 0.1) is 6.61 Å². The number of ether oxygens (including phenoxy) is 1. The molecule has 0 rings (SSSR count). The summed E-state index contributed by atoms with van der Waals surface area (Å²) in [5, 5.41) is 10.8. The Morgan fingerprint density at radius 3 is 2.58 bits per heavy atom. The largest absolute Gasteiger partial charge is 0.479 e. The van der Waals surface area contributed by atoms with Crippen molar-refractivity contribution >= 4 is 11.9 Å². The molecular formula is C7H13NO4. The molecule has 0 aliphatic rings. The highest BCUT2D eigenvalue weighted by Gasteiger charge is 2.10. The first-order valence-corrected chi connectivity index (χ1v) is 3.63. The molecule has 0 saturated carbocycles. The molecule has 12 heavy (non-hydrogen) atoms. The molecule has 0 saturated heterocycles. The monoisotopic (exact) mass is 175 g/mol. The summed E-state index contributed by atoms with van der Waals surface area (Å²) in [6, 6.07) is 0. The normalized spacial score (nSPS) is 12.2. The molecule has 0 unspecified atom stereocenters. The lowest BCUT2D eigenvalue weighted by Crippen LogP contribution is -2.24. The number of aliphatic carboxylic acids is 1. The highest BCUT2D eigenvalue weighted by atomic mass is 16.5. The first kappa shape index (κ1) is 10.9. The van der Waals surface area contributed by atoms with Crippen LogP contribution in [0, 0.1) is 0 Å². The summed E-state index contributed by atoms with van der Waals surface area (Å²) in [5.41, 5.74) is 0. The second kappa shape index (κ2) is 5.54. The Bertz CT molecular complexity index is 169. The van der Waals surface area contributed by atoms with E-state index < -0.39 is 12.1 Å². The highest BCUT2D eigenvalue weighted by Crippen LogP contribution is 1.92. The quantitative estimate of drug-likeness (QED) is 0.596. The van der Waals surface area contributed by atoms with Crippen LogP contribution in [-0.4, -0.2) is 36.7 Å². The zero-order chi connectivity index (χ0) is 9.56. The lowest BCUT2D eigenvalue weighted by atomic mass is 10.4. The molecule has 0 aromatic carbocycles. The summed E-state index contributed by atoms with van der Waals surface area (Å²) >= 11 is 0. The van der Waals surface area contributed by atoms with E-state index in [9.17, 15) is 9.59 Å². The van der Waals surface area contributed by atoms with Gasteiger partial charge in [0.15, 0.2) is 6.10 Å². The topological polar surface area (TPSA) is 75.6 Å². The molecule has 0 aliphatic carbocycles. The Labute approximate surface area is 70.7 Å². The van der Waals surface area contributed by atoms with E-state index in [1.807, 2.05) is 0 Å². The van der Waals surface area contributed by atoms with Crippen molar-refractivity contribution in [3.05, 3.63) is 0 Å². The van der Waals surface area contributed by atoms with E-state index in [1.165, 1.54) is 14.0 Å². The van der Waals surface area contributed by atoms with Gasteiger partial charge in [-0.3, -0.25) is 4.79 Å². The minimum absolute atomic E-state index is 0.132. The van der Waals surface area contributed by atoms with Gasteiger partial charge in [-0.05, 0) is 6.92 Å². The molecular weight excluding hydrogens is 162 g/mol. The zero-order valence-corrected chi connectivity index (χ0v) is 7.16. The van der Waals surface area contributed by atoms with E-state index in [-0.39, 0.29) is 18.9 Å². The van der Waals surface area contributed by atoms with Crippen LogP contribution in [-0.2, 0) is 14.3 Å². The number of rotatable bonds is 5. The van der Waals surface area contributed by atoms with Crippen molar-refractivity contribution in [2.24, 2.45) is 0 Å². The Morgan fingerprint density at radius 2 is 2.17 bits per heavy atom. The SMILES string of the molecule is CNC(=O)CCO[C@H](C)C(=O)O. The van der Waals surface area contributed by atoms with Crippen LogP contribution in [0.3, 0.4) is 0 Å². The van der Waals surface area contributed by atoms with Crippen molar-refractivity contribution in [3.8, 4) is 0 Å². The number of hydrogen-bond acceptors (Lipinski definition) is 3. The molecule has 2 N–H and O–H groups in total. The average Bonchev–Trinajstić information content (AvgIpc) is 2.03. The minimum atomic E-state index is -1.02. The van der Waals surface area contributed by atoms with Gasteiger partial charge < -0.3 is 15.2 Å². The van der Waals surface area contributed by atoms with Gasteiger partial charge >= 0.3 is 5.97 Å². The molecule has 0 radical (unpaired) electrons. The first-order chi connectivity index (χ1) is 5.57. The summed E-state index contributed by atoms with van der Waals surface area (Å²) in [6.45, 7) is 1.55. The fourth-order valence-corrected chi connectivity index (χ4v) is 0.525. The summed E-state index contributed by atoms with van der Waals surface area (Å²) < 4.78 is 4.82. The second-order valence-electron chi connectivity index (χ2n) is 2.27. The fourth-order valence-electron chi connectivity index (χ4n) is 0.525. The summed E-state index contributed by atoms with van der Waals surface area (Å²) in [7, 11) is 1.52. The van der Waals surface area contributed by atoms with Gasteiger partial charge in [0.25, 0.3) is 0 Å². The maximum atomic E-state index is 10.6. The minimum Gasteiger partial charge on any atom is -0.479 e. The number of carboxylic acid groups (broad SMARTS) is 1. The lowest BCUT2D eigenvalue weighted by Gasteiger charge is -2.06. The van der Waals surface area contributed by atoms with E-state index in [2.05, 4.69) is 5.32 Å². The number of carboxylic acids is 1. The van der Waals surface area contributed by atoms with Gasteiger partial charge in [0, 0.05) is 13.5 Å². The van der Waals surface area contributed by atoms with E-state index >= 15 is 0 Å². The van der Waals surface area contributed by atoms with Crippen LogP contribution in [0.5, 0.6) is 0 Å². The molecule has 1 amide bonds. The van der Waals surface area contributed by atoms with Crippen LogP contribution in [0.2, 0.25) is 0 Å². The van der Waals surface area contributed by atoms with Gasteiger partial charge in [-0.1, -0.05) is 0 Å². The molecule has 5 nitrogen and oxygen atoms in total. The maximum absolute atomic E-state index is 10.6. The van der Waals surface area contributed by atoms with Gasteiger partial charge in [-0.2, -0.15) is 0 Å². The summed E-state index contributed by atoms with van der Waals surface area (Å²) in [5.74, 6) is -1.18. The number of amides is 1. The number of nitrogens with one attached hydrogen (secondary N) is 1. The molecule has 0 aromatic heterocycles. The summed E-state index contributed by atoms with van der Waals surface area (Å²) in [6.07, 6.45) is -0.664. The van der Waals surface area contributed by atoms with Crippen molar-refractivity contribution in [2.45, 2.75) is 19.4 Å². The molecule has 70 valence electrons. The van der Waals surface area contributed by atoms with Crippen LogP contribution in [0.15, 0.2) is 0 Å². The Balaban J connectivity index is 3.43. The first-order valence-electron chi connectivity index (χ1n) is 3.63. The maximum Gasteiger partial charge on any atom is 0.332 e. The van der Waals surface area contributed by atoms with Crippen molar-refractivity contribution in [1.82, 2.24) is 5.32 Å². The predicted octanol–water partition coefficient (Wildman–Crippen LogP) is -0.388. The average molecular weight is 175 g/mol. The van der Waals surface area contributed by atoms with E-state index in [1.54, 1.807) is 0 Å². The molecule has 1 atom stereocenters. The molecule has 0 heterocycles.